The number of ether oxygens (including phenoxy) is 1. The molecule has 2 unspecified atom stereocenters. The van der Waals surface area contributed by atoms with E-state index in [1.807, 2.05) is 55.5 Å². The van der Waals surface area contributed by atoms with E-state index in [9.17, 15) is 14.4 Å². The van der Waals surface area contributed by atoms with E-state index in [2.05, 4.69) is 5.32 Å². The Bertz CT molecular complexity index is 1000. The minimum Gasteiger partial charge on any atom is -0.497 e. The summed E-state index contributed by atoms with van der Waals surface area (Å²) in [6.45, 7) is 4.57. The molecule has 4 rings (SSSR count). The van der Waals surface area contributed by atoms with Crippen LogP contribution in [0.4, 0.5) is 4.79 Å². The summed E-state index contributed by atoms with van der Waals surface area (Å²) < 4.78 is 5.20. The van der Waals surface area contributed by atoms with Gasteiger partial charge >= 0.3 is 6.03 Å². The zero-order valence-corrected chi connectivity index (χ0v) is 18.1. The minimum atomic E-state index is -1.16. The van der Waals surface area contributed by atoms with Crippen molar-refractivity contribution in [1.29, 1.82) is 0 Å². The molecule has 162 valence electrons. The summed E-state index contributed by atoms with van der Waals surface area (Å²) in [6.07, 6.45) is 0.847. The predicted molar refractivity (Wildman–Crippen MR) is 116 cm³/mol. The molecule has 2 aromatic rings. The lowest BCUT2D eigenvalue weighted by Gasteiger charge is -2.23. The summed E-state index contributed by atoms with van der Waals surface area (Å²) in [6, 6.07) is 14.8. The van der Waals surface area contributed by atoms with Crippen molar-refractivity contribution in [2.45, 2.75) is 31.7 Å². The highest BCUT2D eigenvalue weighted by Crippen LogP contribution is 2.31. The van der Waals surface area contributed by atoms with Crippen LogP contribution in [0.1, 0.15) is 36.0 Å². The molecule has 31 heavy (non-hydrogen) atoms. The molecule has 7 nitrogen and oxygen atoms in total. The first-order chi connectivity index (χ1) is 14.8. The summed E-state index contributed by atoms with van der Waals surface area (Å²) in [5.74, 6) is 0.411. The summed E-state index contributed by atoms with van der Waals surface area (Å²) in [7, 11) is 1.63. The quantitative estimate of drug-likeness (QED) is 0.753. The van der Waals surface area contributed by atoms with Gasteiger partial charge in [-0.15, -0.1) is 0 Å². The Morgan fingerprint density at radius 3 is 2.45 bits per heavy atom. The number of imide groups is 1. The molecule has 0 radical (unpaired) electrons. The first kappa shape index (κ1) is 20.9. The highest BCUT2D eigenvalue weighted by atomic mass is 16.5. The van der Waals surface area contributed by atoms with Gasteiger partial charge in [-0.1, -0.05) is 42.0 Å². The maximum atomic E-state index is 13.1. The molecular weight excluding hydrogens is 394 g/mol. The third-order valence-electron chi connectivity index (χ3n) is 6.33. The van der Waals surface area contributed by atoms with Crippen molar-refractivity contribution >= 4 is 17.8 Å². The van der Waals surface area contributed by atoms with Gasteiger partial charge in [0.1, 0.15) is 17.8 Å². The van der Waals surface area contributed by atoms with Crippen LogP contribution in [0.3, 0.4) is 0 Å². The van der Waals surface area contributed by atoms with E-state index >= 15 is 0 Å². The van der Waals surface area contributed by atoms with Crippen LogP contribution in [0, 0.1) is 6.92 Å². The minimum absolute atomic E-state index is 0.215. The summed E-state index contributed by atoms with van der Waals surface area (Å²) in [5.41, 5.74) is 1.75. The average molecular weight is 421 g/mol. The Hall–Kier alpha value is -3.35. The average Bonchev–Trinajstić information content (AvgIpc) is 3.34. The number of methoxy groups -OCH3 is 1. The van der Waals surface area contributed by atoms with Crippen molar-refractivity contribution < 1.29 is 19.1 Å². The van der Waals surface area contributed by atoms with Crippen molar-refractivity contribution in [3.8, 4) is 5.75 Å². The Balaban J connectivity index is 1.42. The van der Waals surface area contributed by atoms with E-state index in [1.54, 1.807) is 18.9 Å². The third-order valence-corrected chi connectivity index (χ3v) is 6.33. The summed E-state index contributed by atoms with van der Waals surface area (Å²) in [5, 5.41) is 2.76. The fraction of sp³-hybridized carbons (Fsp3) is 0.375. The maximum absolute atomic E-state index is 13.1. The van der Waals surface area contributed by atoms with E-state index in [0.29, 0.717) is 18.7 Å². The van der Waals surface area contributed by atoms with Crippen LogP contribution < -0.4 is 10.1 Å². The fourth-order valence-electron chi connectivity index (χ4n) is 4.29. The lowest BCUT2D eigenvalue weighted by molar-refractivity contribution is -0.138. The Labute approximate surface area is 182 Å². The van der Waals surface area contributed by atoms with Crippen LogP contribution in [0.5, 0.6) is 5.75 Å². The number of likely N-dealkylation sites (tertiary alicyclic amines) is 1. The van der Waals surface area contributed by atoms with Crippen molar-refractivity contribution in [2.24, 2.45) is 0 Å². The predicted octanol–water partition coefficient (Wildman–Crippen LogP) is 2.79. The lowest BCUT2D eigenvalue weighted by atomic mass is 9.91. The van der Waals surface area contributed by atoms with Crippen molar-refractivity contribution in [3.05, 3.63) is 65.2 Å². The summed E-state index contributed by atoms with van der Waals surface area (Å²) >= 11 is 0. The first-order valence-electron chi connectivity index (χ1n) is 10.4. The van der Waals surface area contributed by atoms with Gasteiger partial charge in [0, 0.05) is 19.0 Å². The second-order valence-electron chi connectivity index (χ2n) is 8.41. The van der Waals surface area contributed by atoms with E-state index in [0.717, 1.165) is 28.2 Å². The molecule has 4 amide bonds. The van der Waals surface area contributed by atoms with Gasteiger partial charge in [-0.3, -0.25) is 14.5 Å². The van der Waals surface area contributed by atoms with Crippen LogP contribution in [0.2, 0.25) is 0 Å². The van der Waals surface area contributed by atoms with Gasteiger partial charge in [0.2, 0.25) is 5.91 Å². The number of aryl methyl sites for hydroxylation is 1. The second-order valence-corrected chi connectivity index (χ2v) is 8.41. The number of benzene rings is 2. The number of hydrogen-bond donors (Lipinski definition) is 1. The number of carbonyl (C=O) groups excluding carboxylic acids is 3. The van der Waals surface area contributed by atoms with E-state index in [-0.39, 0.29) is 18.4 Å². The zero-order chi connectivity index (χ0) is 22.2. The van der Waals surface area contributed by atoms with Gasteiger partial charge < -0.3 is 15.0 Å². The molecule has 1 N–H and O–H groups in total. The largest absolute Gasteiger partial charge is 0.497 e. The third kappa shape index (κ3) is 3.87. The Kier molecular flexibility index (Phi) is 5.43. The summed E-state index contributed by atoms with van der Waals surface area (Å²) in [4.78, 5) is 41.3. The molecule has 2 aromatic carbocycles. The Morgan fingerprint density at radius 1 is 1.13 bits per heavy atom. The van der Waals surface area contributed by atoms with Crippen LogP contribution in [0.25, 0.3) is 0 Å². The van der Waals surface area contributed by atoms with Gasteiger partial charge in [0.25, 0.3) is 5.91 Å². The zero-order valence-electron chi connectivity index (χ0n) is 18.1. The van der Waals surface area contributed by atoms with E-state index in [4.69, 9.17) is 4.74 Å². The number of rotatable bonds is 5. The molecule has 0 bridgehead atoms. The number of urea groups is 1. The number of nitrogens with one attached hydrogen (secondary N) is 1. The van der Waals surface area contributed by atoms with Gasteiger partial charge in [0.15, 0.2) is 0 Å². The molecule has 0 aromatic heterocycles. The molecular formula is C24H27N3O4. The standard InChI is InChI=1S/C24H27N3O4/c1-16-4-8-19(9-5-16)24(2)22(29)27(23(30)25-24)15-21(28)26-13-12-18(14-26)17-6-10-20(31-3)11-7-17/h4-11,18H,12-15H2,1-3H3,(H,25,30). The molecule has 2 atom stereocenters. The van der Waals surface area contributed by atoms with Gasteiger partial charge in [0.05, 0.1) is 7.11 Å². The Morgan fingerprint density at radius 2 is 1.81 bits per heavy atom. The normalized spacial score (nSPS) is 23.3. The number of amides is 4. The number of nitrogens with zero attached hydrogens (tertiary/aromatic N) is 2. The first-order valence-corrected chi connectivity index (χ1v) is 10.4. The molecule has 0 spiro atoms. The van der Waals surface area contributed by atoms with Gasteiger partial charge in [-0.2, -0.15) is 0 Å². The molecule has 0 saturated carbocycles. The smallest absolute Gasteiger partial charge is 0.325 e. The molecule has 0 aliphatic carbocycles. The lowest BCUT2D eigenvalue weighted by Crippen LogP contribution is -2.44. The number of carbonyl (C=O) groups is 3. The van der Waals surface area contributed by atoms with Gasteiger partial charge in [-0.25, -0.2) is 4.79 Å². The molecule has 2 heterocycles. The topological polar surface area (TPSA) is 79.0 Å². The van der Waals surface area contributed by atoms with Crippen molar-refractivity contribution in [3.63, 3.8) is 0 Å². The van der Waals surface area contributed by atoms with Gasteiger partial charge in [-0.05, 0) is 43.5 Å². The van der Waals surface area contributed by atoms with Crippen LogP contribution in [-0.4, -0.2) is 54.4 Å². The van der Waals surface area contributed by atoms with Crippen molar-refractivity contribution in [2.75, 3.05) is 26.7 Å². The SMILES string of the molecule is COc1ccc(C2CCN(C(=O)CN3C(=O)NC(C)(c4ccc(C)cc4)C3=O)C2)cc1. The van der Waals surface area contributed by atoms with E-state index < -0.39 is 17.5 Å². The second kappa shape index (κ2) is 8.06. The molecule has 2 fully saturated rings. The van der Waals surface area contributed by atoms with Crippen LogP contribution >= 0.6 is 0 Å². The molecule has 2 saturated heterocycles. The van der Waals surface area contributed by atoms with Crippen LogP contribution in [0.15, 0.2) is 48.5 Å². The maximum Gasteiger partial charge on any atom is 0.325 e. The van der Waals surface area contributed by atoms with E-state index in [1.165, 1.54) is 0 Å². The molecule has 2 aliphatic heterocycles. The van der Waals surface area contributed by atoms with Crippen LogP contribution in [-0.2, 0) is 15.1 Å². The van der Waals surface area contributed by atoms with Crippen molar-refractivity contribution in [1.82, 2.24) is 15.1 Å². The highest BCUT2D eigenvalue weighted by Gasteiger charge is 2.49. The monoisotopic (exact) mass is 421 g/mol. The molecule has 7 heteroatoms. The number of hydrogen-bond acceptors (Lipinski definition) is 4. The molecule has 2 aliphatic rings. The highest BCUT2D eigenvalue weighted by molar-refractivity contribution is 6.09. The fourth-order valence-corrected chi connectivity index (χ4v) is 4.29.